The maximum atomic E-state index is 13.0. The van der Waals surface area contributed by atoms with Crippen LogP contribution in [0.25, 0.3) is 0 Å². The molecule has 1 aromatic carbocycles. The Labute approximate surface area is 176 Å². The number of nitro groups is 1. The number of aromatic nitrogens is 1. The van der Waals surface area contributed by atoms with Gasteiger partial charge in [0.25, 0.3) is 11.6 Å². The molecule has 0 radical (unpaired) electrons. The highest BCUT2D eigenvalue weighted by Gasteiger charge is 2.22. The van der Waals surface area contributed by atoms with Crippen LogP contribution in [0.15, 0.2) is 23.6 Å². The smallest absolute Gasteiger partial charge is 0.357 e. The predicted molar refractivity (Wildman–Crippen MR) is 107 cm³/mol. The Morgan fingerprint density at radius 2 is 2.14 bits per heavy atom. The molecule has 2 aromatic rings. The van der Waals surface area contributed by atoms with Gasteiger partial charge in [-0.25, -0.2) is 9.78 Å². The number of hydrogen-bond donors (Lipinski definition) is 0. The second-order valence-electron chi connectivity index (χ2n) is 5.84. The lowest BCUT2D eigenvalue weighted by atomic mass is 10.1. The van der Waals surface area contributed by atoms with Crippen molar-refractivity contribution in [3.8, 4) is 0 Å². The van der Waals surface area contributed by atoms with Crippen LogP contribution >= 0.6 is 22.9 Å². The Kier molecular flexibility index (Phi) is 8.50. The zero-order valence-electron chi connectivity index (χ0n) is 15.9. The van der Waals surface area contributed by atoms with Gasteiger partial charge < -0.3 is 14.4 Å². The normalized spacial score (nSPS) is 10.6. The Morgan fingerprint density at radius 1 is 1.38 bits per heavy atom. The highest BCUT2D eigenvalue weighted by atomic mass is 35.5. The van der Waals surface area contributed by atoms with Crippen molar-refractivity contribution in [3.05, 3.63) is 55.0 Å². The molecule has 29 heavy (non-hydrogen) atoms. The third-order valence-corrected chi connectivity index (χ3v) is 4.97. The second kappa shape index (κ2) is 10.8. The van der Waals surface area contributed by atoms with Crippen LogP contribution in [0.4, 0.5) is 5.69 Å². The topological polar surface area (TPSA) is 112 Å². The monoisotopic (exact) mass is 441 g/mol. The molecule has 0 unspecified atom stereocenters. The van der Waals surface area contributed by atoms with Gasteiger partial charge in [-0.2, -0.15) is 0 Å². The fourth-order valence-electron chi connectivity index (χ4n) is 2.46. The summed E-state index contributed by atoms with van der Waals surface area (Å²) in [5.41, 5.74) is 0.137. The third-order valence-electron chi connectivity index (χ3n) is 3.82. The van der Waals surface area contributed by atoms with E-state index < -0.39 is 16.8 Å². The summed E-state index contributed by atoms with van der Waals surface area (Å²) in [6.45, 7) is 2.90. The molecule has 0 aliphatic carbocycles. The van der Waals surface area contributed by atoms with E-state index in [1.807, 2.05) is 0 Å². The number of amides is 1. The molecule has 9 nitrogen and oxygen atoms in total. The van der Waals surface area contributed by atoms with Crippen molar-refractivity contribution >= 4 is 40.5 Å². The van der Waals surface area contributed by atoms with Crippen molar-refractivity contribution in [2.75, 3.05) is 26.9 Å². The number of methoxy groups -OCH3 is 1. The first-order valence-electron chi connectivity index (χ1n) is 8.71. The maximum absolute atomic E-state index is 13.0. The lowest BCUT2D eigenvalue weighted by molar-refractivity contribution is -0.384. The van der Waals surface area contributed by atoms with Gasteiger partial charge in [0.1, 0.15) is 5.01 Å². The fourth-order valence-corrected chi connectivity index (χ4v) is 3.49. The summed E-state index contributed by atoms with van der Waals surface area (Å²) in [5, 5.41) is 13.0. The van der Waals surface area contributed by atoms with E-state index in [0.717, 1.165) is 6.07 Å². The van der Waals surface area contributed by atoms with Crippen molar-refractivity contribution < 1.29 is 24.0 Å². The van der Waals surface area contributed by atoms with E-state index in [1.54, 1.807) is 19.4 Å². The number of carbonyl (C=O) groups is 2. The molecule has 0 N–H and O–H groups in total. The Bertz CT molecular complexity index is 888. The molecule has 0 saturated heterocycles. The van der Waals surface area contributed by atoms with Crippen LogP contribution < -0.4 is 0 Å². The molecule has 0 aliphatic rings. The zero-order valence-corrected chi connectivity index (χ0v) is 17.5. The van der Waals surface area contributed by atoms with E-state index in [1.165, 1.54) is 28.4 Å². The second-order valence-corrected chi connectivity index (χ2v) is 7.19. The molecule has 0 bridgehead atoms. The largest absolute Gasteiger partial charge is 0.461 e. The van der Waals surface area contributed by atoms with Gasteiger partial charge in [0.05, 0.1) is 28.7 Å². The van der Waals surface area contributed by atoms with Gasteiger partial charge in [-0.15, -0.1) is 11.3 Å². The number of ether oxygens (including phenoxy) is 2. The number of esters is 1. The number of nitrogens with zero attached hydrogens (tertiary/aromatic N) is 3. The molecule has 0 spiro atoms. The Morgan fingerprint density at radius 3 is 2.76 bits per heavy atom. The van der Waals surface area contributed by atoms with Crippen LogP contribution in [-0.4, -0.2) is 53.6 Å². The first kappa shape index (κ1) is 22.7. The van der Waals surface area contributed by atoms with Gasteiger partial charge in [-0.3, -0.25) is 14.9 Å². The van der Waals surface area contributed by atoms with Crippen molar-refractivity contribution in [3.63, 3.8) is 0 Å². The molecular formula is C18H20ClN3O6S. The van der Waals surface area contributed by atoms with E-state index in [0.29, 0.717) is 24.6 Å². The van der Waals surface area contributed by atoms with Crippen LogP contribution in [0.1, 0.15) is 39.2 Å². The summed E-state index contributed by atoms with van der Waals surface area (Å²) in [4.78, 5) is 40.8. The van der Waals surface area contributed by atoms with Crippen LogP contribution in [-0.2, 0) is 16.0 Å². The Hall–Kier alpha value is -2.56. The molecular weight excluding hydrogens is 422 g/mol. The van der Waals surface area contributed by atoms with Crippen molar-refractivity contribution in [1.29, 1.82) is 0 Å². The number of thiazole rings is 1. The van der Waals surface area contributed by atoms with Gasteiger partial charge in [-0.05, 0) is 19.4 Å². The van der Waals surface area contributed by atoms with E-state index in [4.69, 9.17) is 21.1 Å². The summed E-state index contributed by atoms with van der Waals surface area (Å²) in [7, 11) is 1.56. The van der Waals surface area contributed by atoms with Gasteiger partial charge in [0.15, 0.2) is 5.69 Å². The molecule has 156 valence electrons. The predicted octanol–water partition coefficient (Wildman–Crippen LogP) is 3.56. The maximum Gasteiger partial charge on any atom is 0.357 e. The minimum atomic E-state index is -0.580. The number of rotatable bonds is 10. The Balaban J connectivity index is 2.22. The fraction of sp³-hybridized carbons (Fsp3) is 0.389. The summed E-state index contributed by atoms with van der Waals surface area (Å²) in [6, 6.07) is 3.71. The molecule has 1 aromatic heterocycles. The van der Waals surface area contributed by atoms with Crippen molar-refractivity contribution in [2.45, 2.75) is 19.9 Å². The molecule has 1 amide bonds. The van der Waals surface area contributed by atoms with Gasteiger partial charge in [0.2, 0.25) is 0 Å². The van der Waals surface area contributed by atoms with E-state index in [2.05, 4.69) is 4.98 Å². The van der Waals surface area contributed by atoms with Crippen molar-refractivity contribution in [1.82, 2.24) is 9.88 Å². The zero-order chi connectivity index (χ0) is 21.4. The summed E-state index contributed by atoms with van der Waals surface area (Å²) < 4.78 is 9.97. The van der Waals surface area contributed by atoms with Crippen molar-refractivity contribution in [2.24, 2.45) is 0 Å². The van der Waals surface area contributed by atoms with Crippen LogP contribution in [0.2, 0.25) is 5.02 Å². The van der Waals surface area contributed by atoms with Gasteiger partial charge >= 0.3 is 5.97 Å². The molecule has 0 fully saturated rings. The van der Waals surface area contributed by atoms with Gasteiger partial charge in [-0.1, -0.05) is 11.6 Å². The first-order chi connectivity index (χ1) is 13.9. The van der Waals surface area contributed by atoms with Crippen LogP contribution in [0.5, 0.6) is 0 Å². The number of non-ortho nitro benzene ring substituents is 1. The highest BCUT2D eigenvalue weighted by molar-refractivity contribution is 7.09. The molecule has 11 heteroatoms. The molecule has 1 heterocycles. The minimum Gasteiger partial charge on any atom is -0.461 e. The summed E-state index contributed by atoms with van der Waals surface area (Å²) in [5.74, 6) is -0.917. The van der Waals surface area contributed by atoms with E-state index >= 15 is 0 Å². The van der Waals surface area contributed by atoms with Gasteiger partial charge in [0, 0.05) is 37.8 Å². The van der Waals surface area contributed by atoms with Crippen LogP contribution in [0, 0.1) is 10.1 Å². The first-order valence-corrected chi connectivity index (χ1v) is 9.96. The third kappa shape index (κ3) is 6.21. The number of carbonyl (C=O) groups excluding carboxylic acids is 2. The lowest BCUT2D eigenvalue weighted by Crippen LogP contribution is -2.32. The average Bonchev–Trinajstić information content (AvgIpc) is 3.15. The van der Waals surface area contributed by atoms with E-state index in [-0.39, 0.29) is 35.1 Å². The number of nitro benzene ring substituents is 1. The van der Waals surface area contributed by atoms with Crippen LogP contribution in [0.3, 0.4) is 0 Å². The summed E-state index contributed by atoms with van der Waals surface area (Å²) in [6.07, 6.45) is 0.572. The standard InChI is InChI=1S/C18H20ClN3O6S/c1-3-28-18(24)15-11-29-16(20-15)10-21(7-4-8-27-2)17(23)13-6-5-12(22(25)26)9-14(13)19/h5-6,9,11H,3-4,7-8,10H2,1-2H3. The lowest BCUT2D eigenvalue weighted by Gasteiger charge is -2.22. The molecule has 2 rings (SSSR count). The summed E-state index contributed by atoms with van der Waals surface area (Å²) >= 11 is 7.34. The minimum absolute atomic E-state index is 0.00714. The molecule has 0 aliphatic heterocycles. The molecule has 0 saturated carbocycles. The quantitative estimate of drug-likeness (QED) is 0.240. The number of hydrogen-bond acceptors (Lipinski definition) is 8. The molecule has 0 atom stereocenters. The SMILES string of the molecule is CCOC(=O)c1csc(CN(CCCOC)C(=O)c2ccc([N+](=O)[O-])cc2Cl)n1. The average molecular weight is 442 g/mol. The number of halogens is 1. The van der Waals surface area contributed by atoms with E-state index in [9.17, 15) is 19.7 Å². The number of benzene rings is 1. The highest BCUT2D eigenvalue weighted by Crippen LogP contribution is 2.25.